The molecule has 1 fully saturated rings. The first-order chi connectivity index (χ1) is 20.1. The van der Waals surface area contributed by atoms with E-state index in [1.165, 1.54) is 41.3 Å². The summed E-state index contributed by atoms with van der Waals surface area (Å²) in [5.41, 5.74) is 1.64. The number of aryl methyl sites for hydroxylation is 1. The largest absolute Gasteiger partial charge is 0.352 e. The topological polar surface area (TPSA) is 130 Å². The number of nitro groups is 1. The van der Waals surface area contributed by atoms with Crippen molar-refractivity contribution in [2.24, 2.45) is 0 Å². The summed E-state index contributed by atoms with van der Waals surface area (Å²) >= 11 is 0. The average Bonchev–Trinajstić information content (AvgIpc) is 3.00. The van der Waals surface area contributed by atoms with Crippen LogP contribution in [0.3, 0.4) is 0 Å². The van der Waals surface area contributed by atoms with Gasteiger partial charge >= 0.3 is 0 Å². The summed E-state index contributed by atoms with van der Waals surface area (Å²) in [6, 6.07) is 19.3. The Morgan fingerprint density at radius 1 is 0.952 bits per heavy atom. The molecule has 10 nitrogen and oxygen atoms in total. The first-order valence-corrected chi connectivity index (χ1v) is 15.5. The van der Waals surface area contributed by atoms with Crippen LogP contribution in [0.15, 0.2) is 83.8 Å². The van der Waals surface area contributed by atoms with Crippen molar-refractivity contribution in [3.8, 4) is 0 Å². The number of carbonyl (C=O) groups excluding carboxylic acids is 2. The number of nitrogens with zero attached hydrogens (tertiary/aromatic N) is 3. The molecule has 1 atom stereocenters. The number of hydrogen-bond donors (Lipinski definition) is 1. The van der Waals surface area contributed by atoms with Crippen molar-refractivity contribution in [1.29, 1.82) is 0 Å². The predicted molar refractivity (Wildman–Crippen MR) is 160 cm³/mol. The van der Waals surface area contributed by atoms with Gasteiger partial charge in [-0.25, -0.2) is 8.42 Å². The van der Waals surface area contributed by atoms with Crippen LogP contribution in [0, 0.1) is 17.0 Å². The van der Waals surface area contributed by atoms with Gasteiger partial charge in [0.2, 0.25) is 11.8 Å². The lowest BCUT2D eigenvalue weighted by Crippen LogP contribution is -2.53. The number of hydrogen-bond acceptors (Lipinski definition) is 6. The van der Waals surface area contributed by atoms with Crippen LogP contribution in [-0.2, 0) is 26.2 Å². The molecule has 42 heavy (non-hydrogen) atoms. The average molecular weight is 593 g/mol. The fourth-order valence-corrected chi connectivity index (χ4v) is 6.55. The van der Waals surface area contributed by atoms with Crippen LogP contribution >= 0.6 is 0 Å². The zero-order chi connectivity index (χ0) is 30.3. The van der Waals surface area contributed by atoms with Crippen LogP contribution < -0.4 is 9.62 Å². The number of nitro benzene ring substituents is 1. The Morgan fingerprint density at radius 3 is 2.19 bits per heavy atom. The normalized spacial score (nSPS) is 14.5. The summed E-state index contributed by atoms with van der Waals surface area (Å²) in [7, 11) is -4.25. The zero-order valence-electron chi connectivity index (χ0n) is 23.8. The van der Waals surface area contributed by atoms with Gasteiger partial charge in [0.15, 0.2) is 0 Å². The minimum absolute atomic E-state index is 0.0373. The minimum Gasteiger partial charge on any atom is -0.352 e. The van der Waals surface area contributed by atoms with Crippen molar-refractivity contribution < 1.29 is 22.9 Å². The highest BCUT2D eigenvalue weighted by Crippen LogP contribution is 2.27. The van der Waals surface area contributed by atoms with Crippen LogP contribution in [0.2, 0.25) is 0 Å². The number of anilines is 1. The summed E-state index contributed by atoms with van der Waals surface area (Å²) in [5, 5.41) is 14.3. The Labute approximate surface area is 246 Å². The molecule has 0 heterocycles. The van der Waals surface area contributed by atoms with E-state index in [1.807, 2.05) is 31.2 Å². The Hall–Kier alpha value is -4.25. The summed E-state index contributed by atoms with van der Waals surface area (Å²) in [4.78, 5) is 39.5. The molecule has 0 spiro atoms. The highest BCUT2D eigenvalue weighted by atomic mass is 32.2. The molecule has 0 unspecified atom stereocenters. The molecule has 4 rings (SSSR count). The van der Waals surface area contributed by atoms with Crippen molar-refractivity contribution in [3.63, 3.8) is 0 Å². The van der Waals surface area contributed by atoms with Gasteiger partial charge in [-0.2, -0.15) is 0 Å². The van der Waals surface area contributed by atoms with Crippen molar-refractivity contribution in [2.45, 2.75) is 69.5 Å². The highest BCUT2D eigenvalue weighted by molar-refractivity contribution is 7.92. The van der Waals surface area contributed by atoms with E-state index in [0.717, 1.165) is 47.5 Å². The molecule has 0 bridgehead atoms. The highest BCUT2D eigenvalue weighted by Gasteiger charge is 2.33. The standard InChI is InChI=1S/C31H36N4O6S/c1-23-11-9-10-12-25(23)21-33(24(2)31(37)32-26-13-5-3-6-14-26)30(36)22-34(27-17-19-28(20-18-27)35(38)39)42(40,41)29-15-7-4-8-16-29/h4,7-12,15-20,24,26H,3,5-6,13-14,21-22H2,1-2H3,(H,32,37)/t24-/m0/s1. The van der Waals surface area contributed by atoms with Crippen LogP contribution in [0.5, 0.6) is 0 Å². The second kappa shape index (κ2) is 13.6. The molecule has 0 aromatic heterocycles. The summed E-state index contributed by atoms with van der Waals surface area (Å²) in [5.74, 6) is -0.876. The molecule has 1 aliphatic carbocycles. The zero-order valence-corrected chi connectivity index (χ0v) is 24.6. The lowest BCUT2D eigenvalue weighted by molar-refractivity contribution is -0.384. The Balaban J connectivity index is 1.69. The number of rotatable bonds is 11. The van der Waals surface area contributed by atoms with Crippen molar-refractivity contribution in [3.05, 3.63) is 100 Å². The van der Waals surface area contributed by atoms with Gasteiger partial charge in [-0.3, -0.25) is 24.0 Å². The maximum atomic E-state index is 14.1. The molecule has 222 valence electrons. The number of nitrogens with one attached hydrogen (secondary N) is 1. The Morgan fingerprint density at radius 2 is 1.57 bits per heavy atom. The second-order valence-electron chi connectivity index (χ2n) is 10.6. The van der Waals surface area contributed by atoms with Crippen molar-refractivity contribution >= 4 is 33.2 Å². The van der Waals surface area contributed by atoms with Gasteiger partial charge in [0.05, 0.1) is 15.5 Å². The van der Waals surface area contributed by atoms with E-state index in [2.05, 4.69) is 5.32 Å². The molecular formula is C31H36N4O6S. The van der Waals surface area contributed by atoms with Gasteiger partial charge in [-0.1, -0.05) is 61.7 Å². The van der Waals surface area contributed by atoms with Gasteiger partial charge < -0.3 is 10.2 Å². The predicted octanol–water partition coefficient (Wildman–Crippen LogP) is 4.96. The molecule has 2 amide bonds. The fraction of sp³-hybridized carbons (Fsp3) is 0.355. The fourth-order valence-electron chi connectivity index (χ4n) is 5.11. The van der Waals surface area contributed by atoms with Gasteiger partial charge in [0.25, 0.3) is 15.7 Å². The number of carbonyl (C=O) groups is 2. The number of amides is 2. The first-order valence-electron chi connectivity index (χ1n) is 14.0. The maximum absolute atomic E-state index is 14.1. The summed E-state index contributed by atoms with van der Waals surface area (Å²) < 4.78 is 28.6. The Kier molecular flexibility index (Phi) is 9.95. The quantitative estimate of drug-likeness (QED) is 0.247. The van der Waals surface area contributed by atoms with Crippen LogP contribution in [0.25, 0.3) is 0 Å². The van der Waals surface area contributed by atoms with Gasteiger partial charge in [0.1, 0.15) is 12.6 Å². The number of non-ortho nitro benzene ring substituents is 1. The van der Waals surface area contributed by atoms with E-state index >= 15 is 0 Å². The minimum atomic E-state index is -4.25. The lowest BCUT2D eigenvalue weighted by Gasteiger charge is -2.33. The van der Waals surface area contributed by atoms with E-state index < -0.39 is 33.4 Å². The molecule has 3 aromatic rings. The van der Waals surface area contributed by atoms with Crippen molar-refractivity contribution in [2.75, 3.05) is 10.8 Å². The van der Waals surface area contributed by atoms with E-state index in [4.69, 9.17) is 0 Å². The smallest absolute Gasteiger partial charge is 0.269 e. The van der Waals surface area contributed by atoms with Crippen LogP contribution in [-0.4, -0.2) is 48.7 Å². The van der Waals surface area contributed by atoms with E-state index in [0.29, 0.717) is 0 Å². The maximum Gasteiger partial charge on any atom is 0.269 e. The molecular weight excluding hydrogens is 556 g/mol. The Bertz CT molecular complexity index is 1510. The van der Waals surface area contributed by atoms with Gasteiger partial charge in [0, 0.05) is 24.7 Å². The van der Waals surface area contributed by atoms with Crippen LogP contribution in [0.1, 0.15) is 50.2 Å². The van der Waals surface area contributed by atoms with Crippen LogP contribution in [0.4, 0.5) is 11.4 Å². The van der Waals surface area contributed by atoms with E-state index in [9.17, 15) is 28.1 Å². The van der Waals surface area contributed by atoms with E-state index in [1.54, 1.807) is 25.1 Å². The van der Waals surface area contributed by atoms with Gasteiger partial charge in [-0.05, 0) is 62.1 Å². The SMILES string of the molecule is Cc1ccccc1CN(C(=O)CN(c1ccc([N+](=O)[O-])cc1)S(=O)(=O)c1ccccc1)[C@@H](C)C(=O)NC1CCCCC1. The molecule has 0 aliphatic heterocycles. The molecule has 3 aromatic carbocycles. The van der Waals surface area contributed by atoms with Crippen molar-refractivity contribution in [1.82, 2.24) is 10.2 Å². The first kappa shape index (κ1) is 30.7. The number of benzene rings is 3. The summed E-state index contributed by atoms with van der Waals surface area (Å²) in [6.07, 6.45) is 4.97. The second-order valence-corrected chi connectivity index (χ2v) is 12.4. The number of sulfonamides is 1. The lowest BCUT2D eigenvalue weighted by atomic mass is 9.95. The van der Waals surface area contributed by atoms with Gasteiger partial charge in [-0.15, -0.1) is 0 Å². The molecule has 0 saturated heterocycles. The van der Waals surface area contributed by atoms with E-state index in [-0.39, 0.29) is 34.8 Å². The summed E-state index contributed by atoms with van der Waals surface area (Å²) in [6.45, 7) is 3.05. The monoisotopic (exact) mass is 592 g/mol. The third-order valence-electron chi connectivity index (χ3n) is 7.68. The molecule has 1 N–H and O–H groups in total. The molecule has 1 aliphatic rings. The molecule has 0 radical (unpaired) electrons. The third kappa shape index (κ3) is 7.33. The third-order valence-corrected chi connectivity index (χ3v) is 9.47. The molecule has 11 heteroatoms. The molecule has 1 saturated carbocycles.